The predicted molar refractivity (Wildman–Crippen MR) is 39.5 cm³/mol. The lowest BCUT2D eigenvalue weighted by molar-refractivity contribution is -0.304. The molecule has 68 valence electrons. The largest absolute Gasteiger partial charge is 0.550 e. The van der Waals surface area contributed by atoms with Gasteiger partial charge in [0.1, 0.15) is 0 Å². The van der Waals surface area contributed by atoms with E-state index in [4.69, 9.17) is 0 Å². The lowest BCUT2D eigenvalue weighted by atomic mass is 10.1. The van der Waals surface area contributed by atoms with E-state index in [0.717, 1.165) is 0 Å². The highest BCUT2D eigenvalue weighted by Gasteiger charge is 1.95. The minimum atomic E-state index is -1.28. The van der Waals surface area contributed by atoms with Crippen LogP contribution < -0.4 is 10.2 Å². The second-order valence-corrected chi connectivity index (χ2v) is 2.53. The van der Waals surface area contributed by atoms with Crippen molar-refractivity contribution in [1.82, 2.24) is 0 Å². The van der Waals surface area contributed by atoms with E-state index in [2.05, 4.69) is 0 Å². The normalized spacial score (nSPS) is 9.54. The van der Waals surface area contributed by atoms with Crippen molar-refractivity contribution < 1.29 is 19.8 Å². The van der Waals surface area contributed by atoms with Crippen molar-refractivity contribution in [3.63, 3.8) is 0 Å². The van der Waals surface area contributed by atoms with Crippen LogP contribution in [0.3, 0.4) is 0 Å². The van der Waals surface area contributed by atoms with Crippen molar-refractivity contribution >= 4 is 11.9 Å². The maximum Gasteiger partial charge on any atom is 0.0715 e. The van der Waals surface area contributed by atoms with E-state index >= 15 is 0 Å². The van der Waals surface area contributed by atoms with E-state index in [0.29, 0.717) is 5.56 Å². The smallest absolute Gasteiger partial charge is 0.0715 e. The first-order valence-electron chi connectivity index (χ1n) is 3.59. The molecule has 0 aliphatic heterocycles. The topological polar surface area (TPSA) is 80.3 Å². The molecule has 0 bridgehead atoms. The first kappa shape index (κ1) is 9.25. The average molecular weight is 178 g/mol. The summed E-state index contributed by atoms with van der Waals surface area (Å²) in [5.41, 5.74) is 0.534. The van der Waals surface area contributed by atoms with Crippen molar-refractivity contribution in [2.24, 2.45) is 0 Å². The van der Waals surface area contributed by atoms with E-state index in [1.807, 2.05) is 0 Å². The number of rotatable bonds is 3. The van der Waals surface area contributed by atoms with Crippen LogP contribution in [0.25, 0.3) is 0 Å². The summed E-state index contributed by atoms with van der Waals surface area (Å²) in [5.74, 6) is -2.47. The Morgan fingerprint density at radius 3 is 2.00 bits per heavy atom. The summed E-state index contributed by atoms with van der Waals surface area (Å²) in [4.78, 5) is 20.4. The lowest BCUT2D eigenvalue weighted by Gasteiger charge is -2.04. The molecule has 0 heterocycles. The fourth-order valence-corrected chi connectivity index (χ4v) is 0.925. The number of aromatic carboxylic acids is 1. The van der Waals surface area contributed by atoms with Gasteiger partial charge in [-0.15, -0.1) is 0 Å². The highest BCUT2D eigenvalue weighted by molar-refractivity contribution is 5.85. The third kappa shape index (κ3) is 2.59. The van der Waals surface area contributed by atoms with Gasteiger partial charge in [0.2, 0.25) is 0 Å². The number of aliphatic carboxylic acids is 1. The van der Waals surface area contributed by atoms with Crippen molar-refractivity contribution in [2.75, 3.05) is 0 Å². The predicted octanol–water partition coefficient (Wildman–Crippen LogP) is -1.66. The lowest BCUT2D eigenvalue weighted by Crippen LogP contribution is -2.24. The van der Waals surface area contributed by atoms with Crippen molar-refractivity contribution in [1.29, 1.82) is 0 Å². The zero-order valence-electron chi connectivity index (χ0n) is 6.65. The van der Waals surface area contributed by atoms with E-state index in [1.54, 1.807) is 0 Å². The van der Waals surface area contributed by atoms with Crippen LogP contribution >= 0.6 is 0 Å². The first-order chi connectivity index (χ1) is 6.09. The van der Waals surface area contributed by atoms with Gasteiger partial charge in [-0.1, -0.05) is 24.3 Å². The van der Waals surface area contributed by atoms with Gasteiger partial charge in [0.05, 0.1) is 5.97 Å². The Hall–Kier alpha value is -1.84. The van der Waals surface area contributed by atoms with Crippen LogP contribution in [0.5, 0.6) is 0 Å². The Bertz CT molecular complexity index is 326. The van der Waals surface area contributed by atoms with Crippen molar-refractivity contribution in [2.45, 2.75) is 6.42 Å². The number of carboxylic acids is 2. The maximum atomic E-state index is 10.3. The molecule has 1 rings (SSSR count). The molecule has 4 nitrogen and oxygen atoms in total. The summed E-state index contributed by atoms with van der Waals surface area (Å²) < 4.78 is 0. The Morgan fingerprint density at radius 1 is 1.08 bits per heavy atom. The number of carboxylic acid groups (broad SMARTS) is 2. The molecule has 0 radical (unpaired) electrons. The first-order valence-corrected chi connectivity index (χ1v) is 3.59. The third-order valence-corrected chi connectivity index (χ3v) is 1.54. The molecule has 0 spiro atoms. The zero-order chi connectivity index (χ0) is 9.84. The van der Waals surface area contributed by atoms with Crippen LogP contribution in [-0.2, 0) is 11.2 Å². The van der Waals surface area contributed by atoms with Crippen LogP contribution in [0.15, 0.2) is 24.3 Å². The van der Waals surface area contributed by atoms with Gasteiger partial charge >= 0.3 is 0 Å². The molecule has 0 unspecified atom stereocenters. The molecule has 1 aromatic rings. The number of carbonyl (C=O) groups is 2. The van der Waals surface area contributed by atoms with E-state index in [9.17, 15) is 19.8 Å². The Labute approximate surface area is 74.4 Å². The molecule has 0 amide bonds. The molecule has 0 fully saturated rings. The fraction of sp³-hybridized carbons (Fsp3) is 0.111. The summed E-state index contributed by atoms with van der Waals surface area (Å²) in [6, 6.07) is 5.43. The van der Waals surface area contributed by atoms with E-state index < -0.39 is 11.9 Å². The molecule has 0 aliphatic carbocycles. The third-order valence-electron chi connectivity index (χ3n) is 1.54. The fourth-order valence-electron chi connectivity index (χ4n) is 0.925. The SMILES string of the molecule is O=C([O-])Cc1ccc(C(=O)[O-])cc1. The summed E-state index contributed by atoms with van der Waals surface area (Å²) in [6.45, 7) is 0. The molecule has 0 aromatic heterocycles. The molecule has 0 saturated carbocycles. The second-order valence-electron chi connectivity index (χ2n) is 2.53. The number of hydrogen-bond acceptors (Lipinski definition) is 4. The molecular weight excluding hydrogens is 172 g/mol. The standard InChI is InChI=1S/C9H8O4/c10-8(11)5-6-1-3-7(4-2-6)9(12)13/h1-4H,5H2,(H,10,11)(H,12,13)/p-2. The highest BCUT2D eigenvalue weighted by Crippen LogP contribution is 2.03. The van der Waals surface area contributed by atoms with Gasteiger partial charge in [0.15, 0.2) is 0 Å². The molecule has 13 heavy (non-hydrogen) atoms. The van der Waals surface area contributed by atoms with Gasteiger partial charge in [-0.25, -0.2) is 0 Å². The van der Waals surface area contributed by atoms with E-state index in [-0.39, 0.29) is 12.0 Å². The maximum absolute atomic E-state index is 10.3. The Morgan fingerprint density at radius 2 is 1.62 bits per heavy atom. The van der Waals surface area contributed by atoms with Gasteiger partial charge in [-0.2, -0.15) is 0 Å². The minimum Gasteiger partial charge on any atom is -0.550 e. The van der Waals surface area contributed by atoms with Gasteiger partial charge in [-0.05, 0) is 11.1 Å². The average Bonchev–Trinajstić information content (AvgIpc) is 2.04. The monoisotopic (exact) mass is 178 g/mol. The number of hydrogen-bond donors (Lipinski definition) is 0. The Balaban J connectivity index is 2.81. The second kappa shape index (κ2) is 3.71. The summed E-state index contributed by atoms with van der Waals surface area (Å²) in [7, 11) is 0. The molecule has 4 heteroatoms. The van der Waals surface area contributed by atoms with Crippen LogP contribution in [0.2, 0.25) is 0 Å². The molecule has 0 atom stereocenters. The summed E-state index contributed by atoms with van der Waals surface area (Å²) >= 11 is 0. The van der Waals surface area contributed by atoms with Gasteiger partial charge in [0, 0.05) is 12.4 Å². The van der Waals surface area contributed by atoms with Crippen molar-refractivity contribution in [3.8, 4) is 0 Å². The molecule has 0 N–H and O–H groups in total. The molecule has 0 saturated heterocycles. The number of carbonyl (C=O) groups excluding carboxylic acids is 2. The number of benzene rings is 1. The summed E-state index contributed by atoms with van der Waals surface area (Å²) in [6.07, 6.45) is -0.215. The van der Waals surface area contributed by atoms with Gasteiger partial charge < -0.3 is 19.8 Å². The highest BCUT2D eigenvalue weighted by atomic mass is 16.4. The Kier molecular flexibility index (Phi) is 2.64. The zero-order valence-corrected chi connectivity index (χ0v) is 6.65. The molecule has 0 aliphatic rings. The molecular formula is C9H6O4-2. The minimum absolute atomic E-state index is 0.0297. The van der Waals surface area contributed by atoms with Crippen LogP contribution in [0.4, 0.5) is 0 Å². The summed E-state index contributed by atoms with van der Waals surface area (Å²) in [5, 5.41) is 20.4. The van der Waals surface area contributed by atoms with Crippen molar-refractivity contribution in [3.05, 3.63) is 35.4 Å². The van der Waals surface area contributed by atoms with Gasteiger partial charge in [-0.3, -0.25) is 0 Å². The van der Waals surface area contributed by atoms with Crippen LogP contribution in [0.1, 0.15) is 15.9 Å². The van der Waals surface area contributed by atoms with Crippen LogP contribution in [-0.4, -0.2) is 11.9 Å². The quantitative estimate of drug-likeness (QED) is 0.555. The van der Waals surface area contributed by atoms with E-state index in [1.165, 1.54) is 24.3 Å². The molecule has 1 aromatic carbocycles. The van der Waals surface area contributed by atoms with Crippen LogP contribution in [0, 0.1) is 0 Å². The van der Waals surface area contributed by atoms with Gasteiger partial charge in [0.25, 0.3) is 0 Å².